The summed E-state index contributed by atoms with van der Waals surface area (Å²) in [7, 11) is 1.97. The maximum absolute atomic E-state index is 11.0. The van der Waals surface area contributed by atoms with Gasteiger partial charge in [0.15, 0.2) is 0 Å². The number of carboxylic acids is 1. The Morgan fingerprint density at radius 3 is 2.60 bits per heavy atom. The Labute approximate surface area is 97.2 Å². The van der Waals surface area contributed by atoms with Crippen LogP contribution in [0.3, 0.4) is 0 Å². The quantitative estimate of drug-likeness (QED) is 0.753. The van der Waals surface area contributed by atoms with Crippen molar-refractivity contribution >= 4 is 18.4 Å². The van der Waals surface area contributed by atoms with Crippen LogP contribution in [0.4, 0.5) is 0 Å². The van der Waals surface area contributed by atoms with Gasteiger partial charge in [0.05, 0.1) is 0 Å². The first-order valence-electron chi connectivity index (χ1n) is 5.54. The number of hydrogen-bond acceptors (Lipinski definition) is 2. The zero-order chi connectivity index (χ0) is 10.3. The first kappa shape index (κ1) is 12.8. The van der Waals surface area contributed by atoms with E-state index in [0.29, 0.717) is 12.0 Å². The van der Waals surface area contributed by atoms with Gasteiger partial charge in [-0.2, -0.15) is 0 Å². The molecule has 1 heterocycles. The normalized spacial score (nSPS) is 40.7. The van der Waals surface area contributed by atoms with Crippen LogP contribution in [0, 0.1) is 11.8 Å². The molecule has 0 radical (unpaired) electrons. The molecule has 0 amide bonds. The number of likely N-dealkylation sites (N-methyl/N-ethyl adjacent to an activating group) is 1. The van der Waals surface area contributed by atoms with Crippen molar-refractivity contribution in [1.82, 2.24) is 4.90 Å². The molecule has 15 heavy (non-hydrogen) atoms. The van der Waals surface area contributed by atoms with E-state index < -0.39 is 5.97 Å². The second kappa shape index (κ2) is 4.71. The maximum Gasteiger partial charge on any atom is 0.320 e. The smallest absolute Gasteiger partial charge is 0.320 e. The van der Waals surface area contributed by atoms with E-state index in [4.69, 9.17) is 5.11 Å². The molecule has 2 rings (SSSR count). The molecular formula is C11H20ClNO2. The van der Waals surface area contributed by atoms with Gasteiger partial charge in [0.2, 0.25) is 0 Å². The molecule has 4 heteroatoms. The van der Waals surface area contributed by atoms with Gasteiger partial charge in [-0.1, -0.05) is 6.92 Å². The third-order valence-corrected chi connectivity index (χ3v) is 4.03. The van der Waals surface area contributed by atoms with Crippen molar-refractivity contribution in [2.45, 2.75) is 44.7 Å². The second-order valence-electron chi connectivity index (χ2n) is 5.00. The molecule has 1 aliphatic heterocycles. The van der Waals surface area contributed by atoms with Crippen LogP contribution in [0.15, 0.2) is 0 Å². The monoisotopic (exact) mass is 233 g/mol. The average molecular weight is 234 g/mol. The summed E-state index contributed by atoms with van der Waals surface area (Å²) in [5, 5.41) is 9.05. The van der Waals surface area contributed by atoms with Crippen molar-refractivity contribution in [3.8, 4) is 0 Å². The molecule has 0 aromatic heterocycles. The van der Waals surface area contributed by atoms with E-state index in [1.54, 1.807) is 0 Å². The zero-order valence-corrected chi connectivity index (χ0v) is 10.2. The SMILES string of the molecule is CC1CCC2C(C1)CC(C(=O)O)N2C.Cl. The van der Waals surface area contributed by atoms with E-state index in [2.05, 4.69) is 11.8 Å². The summed E-state index contributed by atoms with van der Waals surface area (Å²) >= 11 is 0. The van der Waals surface area contributed by atoms with Crippen LogP contribution >= 0.6 is 12.4 Å². The lowest BCUT2D eigenvalue weighted by atomic mass is 9.79. The molecule has 1 aliphatic carbocycles. The van der Waals surface area contributed by atoms with E-state index in [9.17, 15) is 4.79 Å². The van der Waals surface area contributed by atoms with Crippen molar-refractivity contribution in [1.29, 1.82) is 0 Å². The summed E-state index contributed by atoms with van der Waals surface area (Å²) in [6.45, 7) is 2.28. The molecule has 4 unspecified atom stereocenters. The summed E-state index contributed by atoms with van der Waals surface area (Å²) in [4.78, 5) is 13.1. The summed E-state index contributed by atoms with van der Waals surface area (Å²) < 4.78 is 0. The fraction of sp³-hybridized carbons (Fsp3) is 0.909. The fourth-order valence-corrected chi connectivity index (χ4v) is 3.23. The number of nitrogens with zero attached hydrogens (tertiary/aromatic N) is 1. The van der Waals surface area contributed by atoms with E-state index in [1.165, 1.54) is 19.3 Å². The zero-order valence-electron chi connectivity index (χ0n) is 9.35. The number of halogens is 1. The third kappa shape index (κ3) is 2.28. The standard InChI is InChI=1S/C11H19NO2.ClH/c1-7-3-4-9-8(5-7)6-10(11(13)14)12(9)2;/h7-10H,3-6H2,1-2H3,(H,13,14);1H. The number of hydrogen-bond donors (Lipinski definition) is 1. The van der Waals surface area contributed by atoms with Crippen LogP contribution < -0.4 is 0 Å². The van der Waals surface area contributed by atoms with Crippen LogP contribution in [0.5, 0.6) is 0 Å². The molecule has 2 fully saturated rings. The molecule has 0 aromatic rings. The number of fused-ring (bicyclic) bond motifs is 1. The molecule has 88 valence electrons. The van der Waals surface area contributed by atoms with Gasteiger partial charge >= 0.3 is 5.97 Å². The number of rotatable bonds is 1. The van der Waals surface area contributed by atoms with Crippen LogP contribution in [0.2, 0.25) is 0 Å². The summed E-state index contributed by atoms with van der Waals surface area (Å²) in [5.41, 5.74) is 0. The maximum atomic E-state index is 11.0. The lowest BCUT2D eigenvalue weighted by Crippen LogP contribution is -2.39. The van der Waals surface area contributed by atoms with Gasteiger partial charge in [-0.05, 0) is 44.6 Å². The van der Waals surface area contributed by atoms with Gasteiger partial charge < -0.3 is 5.11 Å². The first-order chi connectivity index (χ1) is 6.59. The van der Waals surface area contributed by atoms with E-state index in [-0.39, 0.29) is 18.4 Å². The van der Waals surface area contributed by atoms with Gasteiger partial charge in [0, 0.05) is 6.04 Å². The summed E-state index contributed by atoms with van der Waals surface area (Å²) in [6.07, 6.45) is 4.53. The van der Waals surface area contributed by atoms with Gasteiger partial charge in [0.25, 0.3) is 0 Å². The van der Waals surface area contributed by atoms with Crippen LogP contribution in [0.25, 0.3) is 0 Å². The van der Waals surface area contributed by atoms with Gasteiger partial charge in [-0.3, -0.25) is 9.69 Å². The second-order valence-corrected chi connectivity index (χ2v) is 5.00. The molecule has 1 saturated carbocycles. The highest BCUT2D eigenvalue weighted by atomic mass is 35.5. The van der Waals surface area contributed by atoms with Crippen molar-refractivity contribution in [3.05, 3.63) is 0 Å². The van der Waals surface area contributed by atoms with E-state index >= 15 is 0 Å². The molecule has 2 aliphatic rings. The summed E-state index contributed by atoms with van der Waals surface area (Å²) in [5.74, 6) is 0.775. The molecule has 1 saturated heterocycles. The van der Waals surface area contributed by atoms with Gasteiger partial charge in [0.1, 0.15) is 6.04 Å². The molecule has 4 atom stereocenters. The van der Waals surface area contributed by atoms with Crippen LogP contribution in [0.1, 0.15) is 32.6 Å². The largest absolute Gasteiger partial charge is 0.480 e. The highest BCUT2D eigenvalue weighted by Crippen LogP contribution is 2.40. The number of carbonyl (C=O) groups is 1. The number of likely N-dealkylation sites (tertiary alicyclic amines) is 1. The predicted octanol–water partition coefficient (Wildman–Crippen LogP) is 2.00. The minimum atomic E-state index is -0.644. The fourth-order valence-electron chi connectivity index (χ4n) is 3.23. The number of carboxylic acid groups (broad SMARTS) is 1. The summed E-state index contributed by atoms with van der Waals surface area (Å²) in [6, 6.07) is 0.308. The van der Waals surface area contributed by atoms with E-state index in [1.807, 2.05) is 7.05 Å². The Hall–Kier alpha value is -0.280. The first-order valence-corrected chi connectivity index (χ1v) is 5.54. The van der Waals surface area contributed by atoms with E-state index in [0.717, 1.165) is 12.3 Å². The van der Waals surface area contributed by atoms with Crippen molar-refractivity contribution in [2.75, 3.05) is 7.05 Å². The molecular weight excluding hydrogens is 214 g/mol. The molecule has 0 bridgehead atoms. The Bertz CT molecular complexity index is 247. The van der Waals surface area contributed by atoms with Gasteiger partial charge in [-0.15, -0.1) is 12.4 Å². The lowest BCUT2D eigenvalue weighted by Gasteiger charge is -2.33. The van der Waals surface area contributed by atoms with Crippen LogP contribution in [-0.4, -0.2) is 35.1 Å². The highest BCUT2D eigenvalue weighted by Gasteiger charge is 2.44. The average Bonchev–Trinajstić information content (AvgIpc) is 2.43. The molecule has 0 spiro atoms. The Balaban J connectivity index is 0.00000112. The molecule has 0 aromatic carbocycles. The minimum Gasteiger partial charge on any atom is -0.480 e. The predicted molar refractivity (Wildman–Crippen MR) is 61.3 cm³/mol. The molecule has 1 N–H and O–H groups in total. The topological polar surface area (TPSA) is 40.5 Å². The lowest BCUT2D eigenvalue weighted by molar-refractivity contribution is -0.142. The molecule has 3 nitrogen and oxygen atoms in total. The van der Waals surface area contributed by atoms with Crippen molar-refractivity contribution in [3.63, 3.8) is 0 Å². The third-order valence-electron chi connectivity index (χ3n) is 4.03. The highest BCUT2D eigenvalue weighted by molar-refractivity contribution is 5.85. The Kier molecular flexibility index (Phi) is 4.01. The Morgan fingerprint density at radius 2 is 2.00 bits per heavy atom. The number of aliphatic carboxylic acids is 1. The van der Waals surface area contributed by atoms with Crippen molar-refractivity contribution < 1.29 is 9.90 Å². The Morgan fingerprint density at radius 1 is 1.33 bits per heavy atom. The van der Waals surface area contributed by atoms with Gasteiger partial charge in [-0.25, -0.2) is 0 Å². The minimum absolute atomic E-state index is 0. The van der Waals surface area contributed by atoms with Crippen LogP contribution in [-0.2, 0) is 4.79 Å². The van der Waals surface area contributed by atoms with Crippen molar-refractivity contribution in [2.24, 2.45) is 11.8 Å².